The van der Waals surface area contributed by atoms with Gasteiger partial charge in [0, 0.05) is 34.6 Å². The quantitative estimate of drug-likeness (QED) is 0.0330. The summed E-state index contributed by atoms with van der Waals surface area (Å²) in [5.41, 5.74) is 4.96. The number of benzene rings is 6. The third-order valence-electron chi connectivity index (χ3n) is 15.0. The Hall–Kier alpha value is -7.77. The molecule has 21 heteroatoms. The molecule has 1 amide bonds. The maximum Gasteiger partial charge on any atom is 0.303 e. The van der Waals surface area contributed by atoms with Crippen LogP contribution in [0.1, 0.15) is 68.0 Å². The van der Waals surface area contributed by atoms with E-state index >= 15 is 0 Å². The first-order valence-electron chi connectivity index (χ1n) is 30.3. The second-order valence-electron chi connectivity index (χ2n) is 22.2. The summed E-state index contributed by atoms with van der Waals surface area (Å²) < 4.78 is 100. The smallest absolute Gasteiger partial charge is 0.303 e. The van der Waals surface area contributed by atoms with Crippen molar-refractivity contribution in [2.75, 3.05) is 19.8 Å². The molecular formula is C70H79NO20. The maximum absolute atomic E-state index is 13.7. The van der Waals surface area contributed by atoms with Crippen LogP contribution in [-0.2, 0) is 135 Å². The molecule has 0 aliphatic carbocycles. The Morgan fingerprint density at radius 1 is 0.330 bits per heavy atom. The molecule has 3 fully saturated rings. The third-order valence-corrected chi connectivity index (χ3v) is 15.0. The second kappa shape index (κ2) is 34.6. The van der Waals surface area contributed by atoms with E-state index in [-0.39, 0.29) is 52.9 Å². The SMILES string of the molecule is CC(=O)N[C@H]1[C@H](O[C@H]2[C@@H](OC(C)=O)[C@@H](COCc3ccccc3)O[C@@H](O[C@H]3[C@H](OCc4ccccc4)[C@@H](OCc4ccccc4)[C@H](OCc4ccccc4)O[C@@H]3COCc3ccccc3)[C@@H]2OCc2ccccc2)O[C@H](COC(C)=O)[C@@H](OC(C)=O)[C@@H]1OC(C)=O. The van der Waals surface area contributed by atoms with Crippen molar-refractivity contribution in [1.82, 2.24) is 5.32 Å². The number of hydrogen-bond acceptors (Lipinski definition) is 20. The van der Waals surface area contributed by atoms with Crippen molar-refractivity contribution in [1.29, 1.82) is 0 Å². The summed E-state index contributed by atoms with van der Waals surface area (Å²) in [6.07, 6.45) is -18.8. The van der Waals surface area contributed by atoms with Crippen LogP contribution in [0.5, 0.6) is 0 Å². The van der Waals surface area contributed by atoms with Gasteiger partial charge in [-0.2, -0.15) is 0 Å². The van der Waals surface area contributed by atoms with Crippen molar-refractivity contribution < 1.29 is 95.0 Å². The lowest BCUT2D eigenvalue weighted by molar-refractivity contribution is -0.386. The van der Waals surface area contributed by atoms with E-state index < -0.39 is 128 Å². The number of nitrogens with one attached hydrogen (secondary N) is 1. The summed E-state index contributed by atoms with van der Waals surface area (Å²) in [5.74, 6) is -3.75. The van der Waals surface area contributed by atoms with Crippen molar-refractivity contribution in [3.05, 3.63) is 215 Å². The van der Waals surface area contributed by atoms with Gasteiger partial charge in [-0.25, -0.2) is 0 Å². The molecule has 6 aromatic rings. The topological polar surface area (TPSA) is 236 Å². The first-order chi connectivity index (χ1) is 44.2. The summed E-state index contributed by atoms with van der Waals surface area (Å²) in [6.45, 7) is 5.41. The molecule has 0 bridgehead atoms. The fraction of sp³-hybridized carbons (Fsp3) is 0.414. The normalized spacial score (nSPS) is 26.4. The summed E-state index contributed by atoms with van der Waals surface area (Å²) in [4.78, 5) is 65.6. The number of amides is 1. The number of hydrogen-bond donors (Lipinski definition) is 1. The lowest BCUT2D eigenvalue weighted by Gasteiger charge is -2.51. The molecule has 21 nitrogen and oxygen atoms in total. The molecule has 0 spiro atoms. The number of carbonyl (C=O) groups excluding carboxylic acids is 5. The van der Waals surface area contributed by atoms with Gasteiger partial charge < -0.3 is 76.4 Å². The van der Waals surface area contributed by atoms with Crippen LogP contribution in [0.15, 0.2) is 182 Å². The van der Waals surface area contributed by atoms with E-state index in [1.54, 1.807) is 0 Å². The molecule has 6 aromatic carbocycles. The van der Waals surface area contributed by atoms with E-state index in [9.17, 15) is 24.0 Å². The fourth-order valence-electron chi connectivity index (χ4n) is 11.0. The van der Waals surface area contributed by atoms with Gasteiger partial charge in [-0.3, -0.25) is 24.0 Å². The Kier molecular flexibility index (Phi) is 25.7. The minimum absolute atomic E-state index is 0.0607. The predicted octanol–water partition coefficient (Wildman–Crippen LogP) is 8.20. The van der Waals surface area contributed by atoms with Crippen LogP contribution >= 0.6 is 0 Å². The molecule has 15 atom stereocenters. The highest BCUT2D eigenvalue weighted by atomic mass is 16.8. The molecule has 484 valence electrons. The van der Waals surface area contributed by atoms with Gasteiger partial charge >= 0.3 is 23.9 Å². The molecule has 3 aliphatic rings. The van der Waals surface area contributed by atoms with Crippen LogP contribution in [0.2, 0.25) is 0 Å². The molecular weight excluding hydrogens is 1170 g/mol. The maximum atomic E-state index is 13.7. The Morgan fingerprint density at radius 2 is 0.659 bits per heavy atom. The van der Waals surface area contributed by atoms with Crippen molar-refractivity contribution in [3.8, 4) is 0 Å². The monoisotopic (exact) mass is 1250 g/mol. The molecule has 0 aromatic heterocycles. The zero-order chi connectivity index (χ0) is 63.9. The van der Waals surface area contributed by atoms with Gasteiger partial charge in [0.25, 0.3) is 0 Å². The highest BCUT2D eigenvalue weighted by Gasteiger charge is 2.58. The van der Waals surface area contributed by atoms with Gasteiger partial charge in [0.15, 0.2) is 37.2 Å². The van der Waals surface area contributed by atoms with Gasteiger partial charge in [-0.15, -0.1) is 0 Å². The first kappa shape index (κ1) is 67.6. The zero-order valence-electron chi connectivity index (χ0n) is 51.5. The average molecular weight is 1250 g/mol. The minimum Gasteiger partial charge on any atom is -0.463 e. The van der Waals surface area contributed by atoms with E-state index in [1.165, 1.54) is 20.8 Å². The van der Waals surface area contributed by atoms with Crippen molar-refractivity contribution >= 4 is 29.8 Å². The molecule has 3 saturated heterocycles. The van der Waals surface area contributed by atoms with Crippen molar-refractivity contribution in [2.45, 2.75) is 166 Å². The first-order valence-corrected chi connectivity index (χ1v) is 30.3. The number of rotatable bonds is 30. The molecule has 0 unspecified atom stereocenters. The summed E-state index contributed by atoms with van der Waals surface area (Å²) in [5, 5.41) is 2.78. The molecule has 91 heavy (non-hydrogen) atoms. The molecule has 3 heterocycles. The van der Waals surface area contributed by atoms with Crippen molar-refractivity contribution in [3.63, 3.8) is 0 Å². The summed E-state index contributed by atoms with van der Waals surface area (Å²) in [7, 11) is 0. The number of carbonyl (C=O) groups is 5. The molecule has 1 N–H and O–H groups in total. The average Bonchev–Trinajstić information content (AvgIpc) is 0.807. The van der Waals surface area contributed by atoms with Gasteiger partial charge in [0.2, 0.25) is 5.91 Å². The lowest BCUT2D eigenvalue weighted by atomic mass is 9.94. The predicted molar refractivity (Wildman–Crippen MR) is 325 cm³/mol. The van der Waals surface area contributed by atoms with E-state index in [2.05, 4.69) is 5.32 Å². The zero-order valence-corrected chi connectivity index (χ0v) is 51.5. The summed E-state index contributed by atoms with van der Waals surface area (Å²) in [6, 6.07) is 55.7. The fourth-order valence-corrected chi connectivity index (χ4v) is 11.0. The van der Waals surface area contributed by atoms with Gasteiger partial charge in [0.1, 0.15) is 61.5 Å². The van der Waals surface area contributed by atoms with Crippen LogP contribution < -0.4 is 5.32 Å². The van der Waals surface area contributed by atoms with Crippen molar-refractivity contribution in [2.24, 2.45) is 0 Å². The molecule has 9 rings (SSSR count). The largest absolute Gasteiger partial charge is 0.463 e. The van der Waals surface area contributed by atoms with Crippen LogP contribution in [0.4, 0.5) is 0 Å². The highest BCUT2D eigenvalue weighted by molar-refractivity contribution is 5.74. The Labute approximate surface area is 529 Å². The van der Waals surface area contributed by atoms with Gasteiger partial charge in [-0.1, -0.05) is 182 Å². The molecule has 0 saturated carbocycles. The van der Waals surface area contributed by atoms with E-state index in [1.807, 2.05) is 182 Å². The Balaban J connectivity index is 1.19. The van der Waals surface area contributed by atoms with Crippen LogP contribution in [0.25, 0.3) is 0 Å². The van der Waals surface area contributed by atoms with Gasteiger partial charge in [0.05, 0.1) is 52.9 Å². The van der Waals surface area contributed by atoms with E-state index in [0.29, 0.717) is 5.56 Å². The lowest BCUT2D eigenvalue weighted by Crippen LogP contribution is -2.70. The molecule has 0 radical (unpaired) electrons. The highest BCUT2D eigenvalue weighted by Crippen LogP contribution is 2.39. The number of ether oxygens (including phenoxy) is 15. The number of esters is 4. The van der Waals surface area contributed by atoms with E-state index in [0.717, 1.165) is 41.7 Å². The third kappa shape index (κ3) is 20.4. The van der Waals surface area contributed by atoms with Crippen LogP contribution in [0.3, 0.4) is 0 Å². The van der Waals surface area contributed by atoms with E-state index in [4.69, 9.17) is 71.1 Å². The van der Waals surface area contributed by atoms with Gasteiger partial charge in [-0.05, 0) is 33.4 Å². The minimum atomic E-state index is -1.71. The Bertz CT molecular complexity index is 3170. The second-order valence-corrected chi connectivity index (χ2v) is 22.2. The van der Waals surface area contributed by atoms with Crippen LogP contribution in [0, 0.1) is 0 Å². The Morgan fingerprint density at radius 3 is 1.08 bits per heavy atom. The van der Waals surface area contributed by atoms with Crippen LogP contribution in [-0.4, -0.2) is 142 Å². The standard InChI is InChI=1S/C70H79NO20/c1-45(72)71-59-63(86-49(5)76)60(84-47(3)74)58(44-79-46(2)73)87-68(59)91-65-62(85-48(4)75)57(43-78-37-51-26-14-7-15-27-51)89-70(67(65)82-40-54-32-20-10-21-33-54)90-61-56(42-77-36-50-24-12-6-13-25-50)88-69(83-41-55-34-22-11-23-35-55)66(81-39-53-30-18-9-19-31-53)64(61)80-38-52-28-16-8-17-29-52/h6-35,56-70H,36-44H2,1-5H3,(H,71,72)/t56-,57-,58-,59-,60-,61-,62+,63-,64+,65+,66-,67-,68+,69-,70+/m1/s1. The molecule has 3 aliphatic heterocycles. The summed E-state index contributed by atoms with van der Waals surface area (Å²) >= 11 is 0.